The number of rotatable bonds is 9. The van der Waals surface area contributed by atoms with Crippen LogP contribution in [0.5, 0.6) is 0 Å². The Balaban J connectivity index is 0.00000420. The number of hydrogen-bond acceptors (Lipinski definition) is 5. The summed E-state index contributed by atoms with van der Waals surface area (Å²) in [5.41, 5.74) is 7.40. The van der Waals surface area contributed by atoms with Gasteiger partial charge in [0.15, 0.2) is 0 Å². The highest BCUT2D eigenvalue weighted by atomic mass is 16.6. The van der Waals surface area contributed by atoms with Crippen LogP contribution in [0.25, 0.3) is 0 Å². The van der Waals surface area contributed by atoms with Crippen LogP contribution in [0.15, 0.2) is 34.3 Å². The number of esters is 1. The Labute approximate surface area is 166 Å². The Bertz CT molecular complexity index is 718. The monoisotopic (exact) mass is 390 g/mol. The zero-order chi connectivity index (χ0) is 20.5. The van der Waals surface area contributed by atoms with Crippen molar-refractivity contribution >= 4 is 24.7 Å². The normalized spacial score (nSPS) is 16.3. The molecule has 1 aliphatic rings. The lowest BCUT2D eigenvalue weighted by atomic mass is 10.0. The van der Waals surface area contributed by atoms with Crippen molar-refractivity contribution in [2.45, 2.75) is 57.8 Å². The van der Waals surface area contributed by atoms with E-state index in [9.17, 15) is 9.59 Å². The van der Waals surface area contributed by atoms with E-state index in [1.54, 1.807) is 13.8 Å². The molecule has 1 aromatic carbocycles. The summed E-state index contributed by atoms with van der Waals surface area (Å²) in [7, 11) is 0. The van der Waals surface area contributed by atoms with Gasteiger partial charge in [-0.15, -0.1) is 0 Å². The zero-order valence-corrected chi connectivity index (χ0v) is 16.5. The molecule has 0 aliphatic heterocycles. The quantitative estimate of drug-likeness (QED) is 0.382. The number of nitrogens with two attached hydrogens (primary N) is 1. The molecule has 1 amide bonds. The largest absolute Gasteiger partial charge is 0.460 e. The maximum atomic E-state index is 12.3. The minimum atomic E-state index is -1.17. The minimum absolute atomic E-state index is 0. The predicted octanol–water partition coefficient (Wildman–Crippen LogP) is 2.93. The van der Waals surface area contributed by atoms with Crippen molar-refractivity contribution in [3.8, 4) is 0 Å². The number of carbonyl (C=O) groups excluding carboxylic acids is 2. The van der Waals surface area contributed by atoms with Crippen LogP contribution in [0, 0.1) is 0 Å². The molecule has 0 aromatic heterocycles. The molecule has 154 valence electrons. The molecular weight excluding hydrogens is 360 g/mol. The molecule has 0 radical (unpaired) electrons. The summed E-state index contributed by atoms with van der Waals surface area (Å²) in [5, 5.41) is 2.73. The van der Waals surface area contributed by atoms with Gasteiger partial charge < -0.3 is 20.5 Å². The Morgan fingerprint density at radius 2 is 1.93 bits per heavy atom. The van der Waals surface area contributed by atoms with E-state index in [4.69, 9.17) is 15.2 Å². The van der Waals surface area contributed by atoms with Gasteiger partial charge in [-0.1, -0.05) is 24.3 Å². The number of benzene rings is 1. The molecule has 3 N–H and O–H groups in total. The molecule has 2 rings (SSSR count). The number of alkyl carbamates (subject to hydrolysis) is 1. The first-order chi connectivity index (χ1) is 13.4. The van der Waals surface area contributed by atoms with Crippen LogP contribution in [0.2, 0.25) is 0 Å². The Morgan fingerprint density at radius 1 is 1.25 bits per heavy atom. The van der Waals surface area contributed by atoms with Crippen LogP contribution < -0.4 is 11.1 Å². The highest BCUT2D eigenvalue weighted by molar-refractivity contribution is 5.79. The number of hydrogen-bond donors (Lipinski definition) is 2. The number of aliphatic imine (C=N–C) groups is 2. The summed E-state index contributed by atoms with van der Waals surface area (Å²) in [4.78, 5) is 31.9. The van der Waals surface area contributed by atoms with Gasteiger partial charge in [0.1, 0.15) is 6.34 Å². The smallest absolute Gasteiger partial charge is 0.408 e. The third-order valence-corrected chi connectivity index (χ3v) is 4.19. The third kappa shape index (κ3) is 7.02. The number of amides is 1. The second kappa shape index (κ2) is 10.4. The van der Waals surface area contributed by atoms with Crippen LogP contribution in [0.4, 0.5) is 4.79 Å². The minimum Gasteiger partial charge on any atom is -0.460 e. The molecule has 8 heteroatoms. The summed E-state index contributed by atoms with van der Waals surface area (Å²) in [6.45, 7) is 5.17. The van der Waals surface area contributed by atoms with E-state index in [-0.39, 0.29) is 20.1 Å². The average molecular weight is 390 g/mol. The molecule has 1 saturated carbocycles. The summed E-state index contributed by atoms with van der Waals surface area (Å²) in [6.07, 6.45) is 2.50. The van der Waals surface area contributed by atoms with Crippen molar-refractivity contribution in [1.82, 2.24) is 5.32 Å². The molecule has 0 saturated heterocycles. The van der Waals surface area contributed by atoms with Crippen molar-refractivity contribution in [3.05, 3.63) is 35.4 Å². The number of nitrogens with zero attached hydrogens (tertiary/aromatic N) is 2. The van der Waals surface area contributed by atoms with Gasteiger partial charge >= 0.3 is 12.1 Å². The standard InChI is InChI=1S/C20H28N4O4.H2/c1-13(2)27-19(25)18(10-22-12-23-11-21)28-20(26)24-14(3)15-4-6-16(7-5-15)17-8-9-17;/h4-7,11-14,17-18H,8-10H2,1-3H3,(H,24,26)(H2,21,22,23);1H/t14-,18+;/m0./s1. The summed E-state index contributed by atoms with van der Waals surface area (Å²) in [5.74, 6) is 0.0136. The lowest BCUT2D eigenvalue weighted by molar-refractivity contribution is -0.156. The van der Waals surface area contributed by atoms with Gasteiger partial charge in [0.2, 0.25) is 6.10 Å². The van der Waals surface area contributed by atoms with E-state index in [1.807, 2.05) is 19.1 Å². The molecule has 1 aliphatic carbocycles. The van der Waals surface area contributed by atoms with Crippen molar-refractivity contribution in [1.29, 1.82) is 0 Å². The highest BCUT2D eigenvalue weighted by Gasteiger charge is 2.26. The summed E-state index contributed by atoms with van der Waals surface area (Å²) >= 11 is 0. The first kappa shape index (κ1) is 21.4. The molecule has 8 nitrogen and oxygen atoms in total. The van der Waals surface area contributed by atoms with E-state index in [0.29, 0.717) is 5.92 Å². The molecule has 0 unspecified atom stereocenters. The van der Waals surface area contributed by atoms with Crippen LogP contribution >= 0.6 is 0 Å². The molecule has 2 atom stereocenters. The first-order valence-electron chi connectivity index (χ1n) is 9.39. The van der Waals surface area contributed by atoms with Gasteiger partial charge in [-0.2, -0.15) is 0 Å². The van der Waals surface area contributed by atoms with E-state index in [0.717, 1.165) is 11.9 Å². The van der Waals surface area contributed by atoms with Crippen molar-refractivity contribution in [2.24, 2.45) is 15.7 Å². The van der Waals surface area contributed by atoms with Gasteiger partial charge in [-0.25, -0.2) is 14.6 Å². The van der Waals surface area contributed by atoms with Crippen LogP contribution in [0.3, 0.4) is 0 Å². The van der Waals surface area contributed by atoms with E-state index >= 15 is 0 Å². The van der Waals surface area contributed by atoms with Gasteiger partial charge in [-0.3, -0.25) is 4.99 Å². The molecule has 1 fully saturated rings. The third-order valence-electron chi connectivity index (χ3n) is 4.19. The number of nitrogens with one attached hydrogen (secondary N) is 1. The molecule has 0 heterocycles. The first-order valence-corrected chi connectivity index (χ1v) is 9.39. The average Bonchev–Trinajstić information content (AvgIpc) is 3.49. The molecule has 0 bridgehead atoms. The summed E-state index contributed by atoms with van der Waals surface area (Å²) in [6, 6.07) is 7.90. The van der Waals surface area contributed by atoms with E-state index in [2.05, 4.69) is 27.4 Å². The van der Waals surface area contributed by atoms with Gasteiger partial charge in [0.25, 0.3) is 0 Å². The lowest BCUT2D eigenvalue weighted by Gasteiger charge is -2.19. The fourth-order valence-electron chi connectivity index (χ4n) is 2.59. The fourth-order valence-corrected chi connectivity index (χ4v) is 2.59. The topological polar surface area (TPSA) is 115 Å². The molecule has 0 spiro atoms. The van der Waals surface area contributed by atoms with E-state index < -0.39 is 18.2 Å². The highest BCUT2D eigenvalue weighted by Crippen LogP contribution is 2.40. The van der Waals surface area contributed by atoms with Crippen molar-refractivity contribution in [2.75, 3.05) is 6.54 Å². The van der Waals surface area contributed by atoms with E-state index in [1.165, 1.54) is 24.7 Å². The second-order valence-corrected chi connectivity index (χ2v) is 6.97. The molecule has 28 heavy (non-hydrogen) atoms. The number of ether oxygens (including phenoxy) is 2. The lowest BCUT2D eigenvalue weighted by Crippen LogP contribution is -2.38. The van der Waals surface area contributed by atoms with Gasteiger partial charge in [-0.05, 0) is 50.7 Å². The van der Waals surface area contributed by atoms with Crippen LogP contribution in [-0.4, -0.2) is 43.5 Å². The summed E-state index contributed by atoms with van der Waals surface area (Å²) < 4.78 is 10.4. The molecular formula is C20H30N4O4. The Kier molecular flexibility index (Phi) is 7.98. The maximum absolute atomic E-state index is 12.3. The Morgan fingerprint density at radius 3 is 2.50 bits per heavy atom. The maximum Gasteiger partial charge on any atom is 0.408 e. The number of carbonyl (C=O) groups is 2. The predicted molar refractivity (Wildman–Crippen MR) is 110 cm³/mol. The SMILES string of the molecule is CC(C)OC(=O)[C@@H](CN=CN=CN)OC(=O)N[C@@H](C)c1ccc(C2CC2)cc1.[HH]. The molecule has 1 aromatic rings. The van der Waals surface area contributed by atoms with Crippen molar-refractivity contribution in [3.63, 3.8) is 0 Å². The van der Waals surface area contributed by atoms with Gasteiger partial charge in [0, 0.05) is 1.43 Å². The second-order valence-electron chi connectivity index (χ2n) is 6.97. The Hall–Kier alpha value is -2.90. The fraction of sp³-hybridized carbons (Fsp3) is 0.500. The van der Waals surface area contributed by atoms with Crippen LogP contribution in [0.1, 0.15) is 58.1 Å². The van der Waals surface area contributed by atoms with Gasteiger partial charge in [0.05, 0.1) is 25.0 Å². The zero-order valence-electron chi connectivity index (χ0n) is 16.5. The van der Waals surface area contributed by atoms with Crippen LogP contribution in [-0.2, 0) is 14.3 Å². The van der Waals surface area contributed by atoms with Crippen molar-refractivity contribution < 1.29 is 20.5 Å².